The zero-order valence-corrected chi connectivity index (χ0v) is 21.1. The molecule has 0 bridgehead atoms. The fourth-order valence-electron chi connectivity index (χ4n) is 4.20. The molecule has 8 N–H and O–H groups in total. The van der Waals surface area contributed by atoms with Gasteiger partial charge < -0.3 is 37.1 Å². The first-order chi connectivity index (χ1) is 17.7. The van der Waals surface area contributed by atoms with Crippen LogP contribution in [-0.2, 0) is 30.4 Å². The molecule has 4 amide bonds. The summed E-state index contributed by atoms with van der Waals surface area (Å²) in [5, 5.41) is 21.2. The van der Waals surface area contributed by atoms with E-state index in [1.54, 1.807) is 6.20 Å². The first kappa shape index (κ1) is 28.0. The van der Waals surface area contributed by atoms with Gasteiger partial charge in [0.05, 0.1) is 6.04 Å². The van der Waals surface area contributed by atoms with Gasteiger partial charge in [-0.05, 0) is 37.4 Å². The van der Waals surface area contributed by atoms with E-state index in [9.17, 15) is 29.1 Å². The number of carboxylic acids is 1. The molecule has 0 spiro atoms. The topological polar surface area (TPSA) is 196 Å². The number of aromatic nitrogens is 1. The molecule has 1 fully saturated rings. The molecule has 1 aromatic heterocycles. The van der Waals surface area contributed by atoms with Crippen molar-refractivity contribution in [3.63, 3.8) is 0 Å². The van der Waals surface area contributed by atoms with Gasteiger partial charge in [-0.15, -0.1) is 0 Å². The smallest absolute Gasteiger partial charge is 0.326 e. The molecule has 2 aromatic rings. The van der Waals surface area contributed by atoms with Gasteiger partial charge in [-0.1, -0.05) is 18.2 Å². The lowest BCUT2D eigenvalue weighted by Gasteiger charge is -2.24. The van der Waals surface area contributed by atoms with Crippen LogP contribution in [0.4, 0.5) is 0 Å². The predicted molar refractivity (Wildman–Crippen MR) is 139 cm³/mol. The molecule has 0 saturated carbocycles. The number of para-hydroxylation sites is 1. The van der Waals surface area contributed by atoms with Crippen molar-refractivity contribution in [3.05, 3.63) is 36.0 Å². The molecular formula is C24H32N6O6S. The Hall–Kier alpha value is -3.58. The number of hydrogen-bond acceptors (Lipinski definition) is 7. The van der Waals surface area contributed by atoms with Crippen LogP contribution in [0.2, 0.25) is 0 Å². The molecule has 4 unspecified atom stereocenters. The molecule has 0 aliphatic carbocycles. The first-order valence-corrected chi connectivity index (χ1v) is 12.6. The van der Waals surface area contributed by atoms with E-state index in [0.717, 1.165) is 17.3 Å². The third-order valence-corrected chi connectivity index (χ3v) is 6.58. The summed E-state index contributed by atoms with van der Waals surface area (Å²) in [5.74, 6) is -3.81. The Labute approximate surface area is 218 Å². The van der Waals surface area contributed by atoms with Gasteiger partial charge in [0.1, 0.15) is 18.1 Å². The lowest BCUT2D eigenvalue weighted by atomic mass is 10.0. The average Bonchev–Trinajstić information content (AvgIpc) is 3.55. The van der Waals surface area contributed by atoms with Gasteiger partial charge in [0.25, 0.3) is 0 Å². The standard InChI is InChI=1S/C24H32N6O6S/c25-20(31)8-7-17(28-23(34)19(12-37)30-21(32)16-6-3-9-26-16)22(33)29-18(24(35)36)10-13-11-27-15-5-2-1-4-14(13)15/h1-2,4-5,11,16-19,26-27,37H,3,6-10,12H2,(H2,25,31)(H,28,34)(H,29,33)(H,30,32)(H,35,36). The summed E-state index contributed by atoms with van der Waals surface area (Å²) in [6.07, 6.45) is 2.79. The van der Waals surface area contributed by atoms with E-state index < -0.39 is 47.9 Å². The Morgan fingerprint density at radius 3 is 2.41 bits per heavy atom. The zero-order valence-electron chi connectivity index (χ0n) is 20.2. The second-order valence-electron chi connectivity index (χ2n) is 8.92. The molecule has 1 aliphatic heterocycles. The third-order valence-electron chi connectivity index (χ3n) is 6.22. The van der Waals surface area contributed by atoms with E-state index in [2.05, 4.69) is 38.9 Å². The highest BCUT2D eigenvalue weighted by Gasteiger charge is 2.31. The number of fused-ring (bicyclic) bond motifs is 1. The second-order valence-corrected chi connectivity index (χ2v) is 9.29. The van der Waals surface area contributed by atoms with E-state index in [1.807, 2.05) is 24.3 Å². The number of thiol groups is 1. The fourth-order valence-corrected chi connectivity index (χ4v) is 4.45. The van der Waals surface area contributed by atoms with Crippen molar-refractivity contribution in [3.8, 4) is 0 Å². The van der Waals surface area contributed by atoms with E-state index in [1.165, 1.54) is 0 Å². The van der Waals surface area contributed by atoms with Crippen LogP contribution < -0.4 is 27.0 Å². The SMILES string of the molecule is NC(=O)CCC(NC(=O)C(CS)NC(=O)C1CCCN1)C(=O)NC(Cc1c[nH]c2ccccc12)C(=O)O. The van der Waals surface area contributed by atoms with Crippen LogP contribution in [0.25, 0.3) is 10.9 Å². The van der Waals surface area contributed by atoms with E-state index in [-0.39, 0.29) is 30.9 Å². The van der Waals surface area contributed by atoms with Crippen molar-refractivity contribution in [1.82, 2.24) is 26.3 Å². The van der Waals surface area contributed by atoms with Crippen molar-refractivity contribution in [2.75, 3.05) is 12.3 Å². The molecule has 3 rings (SSSR count). The van der Waals surface area contributed by atoms with Gasteiger partial charge in [0, 0.05) is 35.7 Å². The minimum Gasteiger partial charge on any atom is -0.480 e. The lowest BCUT2D eigenvalue weighted by Crippen LogP contribution is -2.57. The number of hydrogen-bond donors (Lipinski definition) is 8. The van der Waals surface area contributed by atoms with Gasteiger partial charge in [-0.2, -0.15) is 12.6 Å². The number of H-pyrrole nitrogens is 1. The van der Waals surface area contributed by atoms with Crippen molar-refractivity contribution < 1.29 is 29.1 Å². The molecule has 2 heterocycles. The molecular weight excluding hydrogens is 500 g/mol. The van der Waals surface area contributed by atoms with E-state index in [0.29, 0.717) is 18.5 Å². The summed E-state index contributed by atoms with van der Waals surface area (Å²) in [5.41, 5.74) is 6.75. The average molecular weight is 533 g/mol. The molecule has 37 heavy (non-hydrogen) atoms. The van der Waals surface area contributed by atoms with Gasteiger partial charge in [-0.25, -0.2) is 4.79 Å². The Morgan fingerprint density at radius 1 is 1.05 bits per heavy atom. The van der Waals surface area contributed by atoms with Crippen LogP contribution in [0.3, 0.4) is 0 Å². The van der Waals surface area contributed by atoms with Crippen LogP contribution >= 0.6 is 12.6 Å². The summed E-state index contributed by atoms with van der Waals surface area (Å²) in [4.78, 5) is 64.8. The normalized spacial score (nSPS) is 17.5. The van der Waals surface area contributed by atoms with Crippen molar-refractivity contribution in [1.29, 1.82) is 0 Å². The molecule has 1 aromatic carbocycles. The predicted octanol–water partition coefficient (Wildman–Crippen LogP) is -0.803. The largest absolute Gasteiger partial charge is 0.480 e. The maximum Gasteiger partial charge on any atom is 0.326 e. The number of carbonyl (C=O) groups is 5. The zero-order chi connectivity index (χ0) is 26.9. The first-order valence-electron chi connectivity index (χ1n) is 12.0. The number of benzene rings is 1. The third kappa shape index (κ3) is 7.70. The molecule has 1 saturated heterocycles. The van der Waals surface area contributed by atoms with Crippen molar-refractivity contribution >= 4 is 53.1 Å². The van der Waals surface area contributed by atoms with E-state index in [4.69, 9.17) is 5.73 Å². The highest BCUT2D eigenvalue weighted by atomic mass is 32.1. The van der Waals surface area contributed by atoms with Crippen LogP contribution in [0.15, 0.2) is 30.5 Å². The van der Waals surface area contributed by atoms with Crippen LogP contribution in [0, 0.1) is 0 Å². The summed E-state index contributed by atoms with van der Waals surface area (Å²) >= 11 is 4.14. The highest BCUT2D eigenvalue weighted by Crippen LogP contribution is 2.19. The van der Waals surface area contributed by atoms with Crippen molar-refractivity contribution in [2.24, 2.45) is 5.73 Å². The minimum absolute atomic E-state index is 0.00865. The molecule has 200 valence electrons. The number of carbonyl (C=O) groups excluding carboxylic acids is 4. The van der Waals surface area contributed by atoms with Crippen LogP contribution in [0.1, 0.15) is 31.2 Å². The molecule has 12 nitrogen and oxygen atoms in total. The van der Waals surface area contributed by atoms with Gasteiger partial charge >= 0.3 is 5.97 Å². The maximum atomic E-state index is 13.1. The highest BCUT2D eigenvalue weighted by molar-refractivity contribution is 7.80. The Morgan fingerprint density at radius 2 is 1.76 bits per heavy atom. The summed E-state index contributed by atoms with van der Waals surface area (Å²) in [7, 11) is 0. The van der Waals surface area contributed by atoms with Crippen molar-refractivity contribution in [2.45, 2.75) is 56.3 Å². The van der Waals surface area contributed by atoms with Crippen LogP contribution in [-0.4, -0.2) is 76.2 Å². The number of aromatic amines is 1. The number of aliphatic carboxylic acids is 1. The van der Waals surface area contributed by atoms with Gasteiger partial charge in [0.15, 0.2) is 0 Å². The number of amides is 4. The molecule has 4 atom stereocenters. The van der Waals surface area contributed by atoms with E-state index >= 15 is 0 Å². The summed E-state index contributed by atoms with van der Waals surface area (Å²) in [6, 6.07) is 3.35. The number of nitrogens with two attached hydrogens (primary N) is 1. The lowest BCUT2D eigenvalue weighted by molar-refractivity contribution is -0.142. The Kier molecular flexibility index (Phi) is 9.92. The number of nitrogens with one attached hydrogen (secondary N) is 5. The summed E-state index contributed by atoms with van der Waals surface area (Å²) < 4.78 is 0. The van der Waals surface area contributed by atoms with Gasteiger partial charge in [-0.3, -0.25) is 19.2 Å². The minimum atomic E-state index is -1.30. The monoisotopic (exact) mass is 532 g/mol. The van der Waals surface area contributed by atoms with Gasteiger partial charge in [0.2, 0.25) is 23.6 Å². The fraction of sp³-hybridized carbons (Fsp3) is 0.458. The quantitative estimate of drug-likeness (QED) is 0.155. The Bertz CT molecular complexity index is 1150. The van der Waals surface area contributed by atoms with Crippen LogP contribution in [0.5, 0.6) is 0 Å². The number of primary amides is 1. The molecule has 0 radical (unpaired) electrons. The summed E-state index contributed by atoms with van der Waals surface area (Å²) in [6.45, 7) is 0.703. The Balaban J connectivity index is 1.69. The maximum absolute atomic E-state index is 13.1. The number of carboxylic acid groups (broad SMARTS) is 1. The second kappa shape index (κ2) is 13.1. The molecule has 13 heteroatoms. The molecule has 1 aliphatic rings. The number of rotatable bonds is 13.